The molecule has 1 amide bonds. The highest BCUT2D eigenvalue weighted by Gasteiger charge is 2.26. The molecule has 2 aliphatic heterocycles. The number of carbonyl (C=O) groups excluding carboxylic acids is 1. The quantitative estimate of drug-likeness (QED) is 0.582. The number of carbonyl (C=O) groups is 1. The number of hydrogen-bond donors (Lipinski definition) is 1. The van der Waals surface area contributed by atoms with Gasteiger partial charge in [-0.3, -0.25) is 4.79 Å². The SMILES string of the molecule is CC(Sc1nnc(N2CCOCC2)s1)C(=O)Nc1cccc(S(=O)(=O)N2CCCCC2)c1. The first-order chi connectivity index (χ1) is 15.4. The second-order valence-corrected chi connectivity index (χ2v) is 12.2. The molecule has 2 saturated heterocycles. The van der Waals surface area contributed by atoms with E-state index in [0.29, 0.717) is 32.0 Å². The van der Waals surface area contributed by atoms with Gasteiger partial charge < -0.3 is 15.0 Å². The number of rotatable bonds is 7. The fraction of sp³-hybridized carbons (Fsp3) is 0.550. The number of aromatic nitrogens is 2. The zero-order valence-corrected chi connectivity index (χ0v) is 20.3. The highest BCUT2D eigenvalue weighted by Crippen LogP contribution is 2.31. The van der Waals surface area contributed by atoms with Crippen molar-refractivity contribution >= 4 is 49.8 Å². The lowest BCUT2D eigenvalue weighted by Gasteiger charge is -2.26. The van der Waals surface area contributed by atoms with E-state index in [-0.39, 0.29) is 10.8 Å². The molecule has 0 bridgehead atoms. The van der Waals surface area contributed by atoms with Crippen LogP contribution in [0.1, 0.15) is 26.2 Å². The van der Waals surface area contributed by atoms with Crippen molar-refractivity contribution in [2.75, 3.05) is 49.6 Å². The van der Waals surface area contributed by atoms with Crippen LogP contribution in [-0.2, 0) is 19.6 Å². The van der Waals surface area contributed by atoms with Crippen LogP contribution in [-0.4, -0.2) is 73.5 Å². The lowest BCUT2D eigenvalue weighted by molar-refractivity contribution is -0.115. The highest BCUT2D eigenvalue weighted by atomic mass is 32.2. The Balaban J connectivity index is 1.37. The number of thioether (sulfide) groups is 1. The number of nitrogens with zero attached hydrogens (tertiary/aromatic N) is 4. The Hall–Kier alpha value is -1.73. The van der Waals surface area contributed by atoms with Crippen LogP contribution in [0, 0.1) is 0 Å². The molecule has 174 valence electrons. The minimum atomic E-state index is -3.55. The summed E-state index contributed by atoms with van der Waals surface area (Å²) in [6.45, 7) is 5.80. The van der Waals surface area contributed by atoms with Gasteiger partial charge in [0, 0.05) is 31.9 Å². The number of hydrogen-bond acceptors (Lipinski definition) is 9. The number of amides is 1. The fourth-order valence-electron chi connectivity index (χ4n) is 3.57. The third-order valence-corrected chi connectivity index (χ3v) is 9.44. The van der Waals surface area contributed by atoms with Crippen molar-refractivity contribution < 1.29 is 17.9 Å². The van der Waals surface area contributed by atoms with E-state index < -0.39 is 15.3 Å². The van der Waals surface area contributed by atoms with Crippen LogP contribution < -0.4 is 10.2 Å². The van der Waals surface area contributed by atoms with E-state index in [1.54, 1.807) is 25.1 Å². The Morgan fingerprint density at radius 1 is 1.16 bits per heavy atom. The van der Waals surface area contributed by atoms with Crippen molar-refractivity contribution in [3.05, 3.63) is 24.3 Å². The summed E-state index contributed by atoms with van der Waals surface area (Å²) in [6.07, 6.45) is 2.81. The highest BCUT2D eigenvalue weighted by molar-refractivity contribution is 8.02. The third kappa shape index (κ3) is 5.60. The molecule has 1 N–H and O–H groups in total. The van der Waals surface area contributed by atoms with E-state index in [1.807, 2.05) is 0 Å². The summed E-state index contributed by atoms with van der Waals surface area (Å²) in [7, 11) is -3.55. The summed E-state index contributed by atoms with van der Waals surface area (Å²) in [4.78, 5) is 15.1. The van der Waals surface area contributed by atoms with Gasteiger partial charge in [0.2, 0.25) is 21.1 Å². The maximum atomic E-state index is 12.9. The van der Waals surface area contributed by atoms with Crippen molar-refractivity contribution in [3.8, 4) is 0 Å². The lowest BCUT2D eigenvalue weighted by atomic mass is 10.2. The van der Waals surface area contributed by atoms with Crippen LogP contribution in [0.25, 0.3) is 0 Å². The smallest absolute Gasteiger partial charge is 0.243 e. The van der Waals surface area contributed by atoms with Crippen LogP contribution in [0.2, 0.25) is 0 Å². The largest absolute Gasteiger partial charge is 0.378 e. The number of piperidine rings is 1. The summed E-state index contributed by atoms with van der Waals surface area (Å²) in [5, 5.41) is 11.7. The summed E-state index contributed by atoms with van der Waals surface area (Å²) in [5.41, 5.74) is 0.465. The molecule has 2 aliphatic rings. The van der Waals surface area contributed by atoms with E-state index >= 15 is 0 Å². The summed E-state index contributed by atoms with van der Waals surface area (Å²) in [5.74, 6) is -0.217. The molecule has 12 heteroatoms. The predicted octanol–water partition coefficient (Wildman–Crippen LogP) is 2.67. The van der Waals surface area contributed by atoms with E-state index in [9.17, 15) is 13.2 Å². The minimum Gasteiger partial charge on any atom is -0.378 e. The first kappa shape index (κ1) is 23.4. The molecule has 1 atom stereocenters. The summed E-state index contributed by atoms with van der Waals surface area (Å²) >= 11 is 2.80. The molecule has 0 spiro atoms. The molecule has 1 aromatic heterocycles. The molecular formula is C20H27N5O4S3. The second kappa shape index (κ2) is 10.5. The Bertz CT molecular complexity index is 1030. The maximum Gasteiger partial charge on any atom is 0.243 e. The standard InChI is InChI=1S/C20H27N5O4S3/c1-15(30-20-23-22-19(31-20)24-10-12-29-13-11-24)18(26)21-16-6-5-7-17(14-16)32(27,28)25-8-3-2-4-9-25/h5-7,14-15H,2-4,8-13H2,1H3,(H,21,26). The summed E-state index contributed by atoms with van der Waals surface area (Å²) in [6, 6.07) is 6.46. The van der Waals surface area contributed by atoms with Gasteiger partial charge in [0.05, 0.1) is 23.4 Å². The molecule has 3 heterocycles. The number of ether oxygens (including phenoxy) is 1. The molecule has 0 aliphatic carbocycles. The van der Waals surface area contributed by atoms with E-state index in [2.05, 4.69) is 20.4 Å². The number of sulfonamides is 1. The Labute approximate surface area is 196 Å². The molecule has 32 heavy (non-hydrogen) atoms. The molecule has 0 radical (unpaired) electrons. The molecule has 0 saturated carbocycles. The van der Waals surface area contributed by atoms with E-state index in [0.717, 1.165) is 41.8 Å². The predicted molar refractivity (Wildman–Crippen MR) is 126 cm³/mol. The van der Waals surface area contributed by atoms with Gasteiger partial charge in [-0.15, -0.1) is 10.2 Å². The molecule has 1 aromatic carbocycles. The van der Waals surface area contributed by atoms with Gasteiger partial charge in [0.25, 0.3) is 0 Å². The summed E-state index contributed by atoms with van der Waals surface area (Å²) < 4.78 is 33.4. The van der Waals surface area contributed by atoms with Gasteiger partial charge in [-0.25, -0.2) is 8.42 Å². The van der Waals surface area contributed by atoms with Gasteiger partial charge in [0.15, 0.2) is 4.34 Å². The van der Waals surface area contributed by atoms with Gasteiger partial charge in [-0.2, -0.15) is 4.31 Å². The average Bonchev–Trinajstić information content (AvgIpc) is 3.29. The molecule has 4 rings (SSSR count). The minimum absolute atomic E-state index is 0.205. The van der Waals surface area contributed by atoms with Crippen LogP contribution in [0.3, 0.4) is 0 Å². The van der Waals surface area contributed by atoms with Crippen LogP contribution in [0.5, 0.6) is 0 Å². The fourth-order valence-corrected chi connectivity index (χ4v) is 7.17. The maximum absolute atomic E-state index is 12.9. The number of anilines is 2. The van der Waals surface area contributed by atoms with Crippen molar-refractivity contribution in [2.24, 2.45) is 0 Å². The molecular weight excluding hydrogens is 470 g/mol. The zero-order chi connectivity index (χ0) is 22.6. The first-order valence-corrected chi connectivity index (χ1v) is 13.8. The van der Waals surface area contributed by atoms with Crippen LogP contribution in [0.15, 0.2) is 33.5 Å². The first-order valence-electron chi connectivity index (χ1n) is 10.7. The molecule has 2 fully saturated rings. The van der Waals surface area contributed by atoms with Gasteiger partial charge in [-0.05, 0) is 38.0 Å². The zero-order valence-electron chi connectivity index (χ0n) is 17.9. The monoisotopic (exact) mass is 497 g/mol. The normalized spacial score (nSPS) is 19.0. The van der Waals surface area contributed by atoms with Crippen LogP contribution in [0.4, 0.5) is 10.8 Å². The molecule has 1 unspecified atom stereocenters. The van der Waals surface area contributed by atoms with Crippen molar-refractivity contribution in [1.82, 2.24) is 14.5 Å². The molecule has 2 aromatic rings. The van der Waals surface area contributed by atoms with E-state index in [1.165, 1.54) is 33.5 Å². The van der Waals surface area contributed by atoms with Crippen LogP contribution >= 0.6 is 23.1 Å². The van der Waals surface area contributed by atoms with Crippen molar-refractivity contribution in [1.29, 1.82) is 0 Å². The van der Waals surface area contributed by atoms with Gasteiger partial charge in [0.1, 0.15) is 0 Å². The van der Waals surface area contributed by atoms with Crippen molar-refractivity contribution in [2.45, 2.75) is 40.7 Å². The average molecular weight is 498 g/mol. The third-order valence-electron chi connectivity index (χ3n) is 5.38. The van der Waals surface area contributed by atoms with Crippen molar-refractivity contribution in [3.63, 3.8) is 0 Å². The Morgan fingerprint density at radius 3 is 2.66 bits per heavy atom. The number of nitrogens with one attached hydrogen (secondary N) is 1. The number of benzene rings is 1. The number of morpholine rings is 1. The Kier molecular flexibility index (Phi) is 7.66. The van der Waals surface area contributed by atoms with Gasteiger partial charge in [-0.1, -0.05) is 35.6 Å². The molecule has 9 nitrogen and oxygen atoms in total. The second-order valence-electron chi connectivity index (χ2n) is 7.69. The van der Waals surface area contributed by atoms with E-state index in [4.69, 9.17) is 4.74 Å². The Morgan fingerprint density at radius 2 is 1.91 bits per heavy atom. The topological polar surface area (TPSA) is 105 Å². The van der Waals surface area contributed by atoms with Gasteiger partial charge >= 0.3 is 0 Å². The lowest BCUT2D eigenvalue weighted by Crippen LogP contribution is -2.36.